The summed E-state index contributed by atoms with van der Waals surface area (Å²) in [6.07, 6.45) is 14.8. The van der Waals surface area contributed by atoms with Crippen molar-refractivity contribution in [2.75, 3.05) is 6.61 Å². The molecular formula is C23H29NO2. The second-order valence-corrected chi connectivity index (χ2v) is 10.6. The van der Waals surface area contributed by atoms with Crippen LogP contribution < -0.4 is 0 Å². The number of nitrogens with zero attached hydrogens (tertiary/aromatic N) is 1. The molecule has 10 atom stereocenters. The zero-order chi connectivity index (χ0) is 17.3. The van der Waals surface area contributed by atoms with Crippen molar-refractivity contribution in [2.24, 2.45) is 57.9 Å². The fourth-order valence-corrected chi connectivity index (χ4v) is 9.14. The summed E-state index contributed by atoms with van der Waals surface area (Å²) in [5, 5.41) is 12.8. The van der Waals surface area contributed by atoms with Crippen molar-refractivity contribution in [3.8, 4) is 0 Å². The Kier molecular flexibility index (Phi) is 2.57. The third-order valence-electron chi connectivity index (χ3n) is 10.1. The minimum absolute atomic E-state index is 0.0804. The summed E-state index contributed by atoms with van der Waals surface area (Å²) in [7, 11) is 0. The van der Waals surface area contributed by atoms with E-state index in [1.165, 1.54) is 32.1 Å². The molecule has 1 heterocycles. The van der Waals surface area contributed by atoms with Gasteiger partial charge in [0.1, 0.15) is 0 Å². The molecule has 3 heteroatoms. The highest BCUT2D eigenvalue weighted by Crippen LogP contribution is 2.80. The Hall–Kier alpha value is -1.09. The number of ether oxygens (including phenoxy) is 1. The maximum Gasteiger partial charge on any atom is 0.0954 e. The first-order valence-corrected chi connectivity index (χ1v) is 10.9. The quantitative estimate of drug-likeness (QED) is 0.399. The van der Waals surface area contributed by atoms with Gasteiger partial charge in [-0.1, -0.05) is 29.8 Å². The van der Waals surface area contributed by atoms with Gasteiger partial charge in [-0.3, -0.25) is 0 Å². The predicted molar refractivity (Wildman–Crippen MR) is 98.9 cm³/mol. The van der Waals surface area contributed by atoms with E-state index < -0.39 is 0 Å². The molecule has 1 spiro atoms. The van der Waals surface area contributed by atoms with E-state index in [1.54, 1.807) is 5.57 Å². The Labute approximate surface area is 155 Å². The molecule has 0 saturated heterocycles. The molecule has 5 fully saturated rings. The van der Waals surface area contributed by atoms with Crippen LogP contribution in [0.1, 0.15) is 45.4 Å². The molecule has 0 aromatic rings. The zero-order valence-corrected chi connectivity index (χ0v) is 15.6. The number of hydrogen-bond donors (Lipinski definition) is 1. The lowest BCUT2D eigenvalue weighted by molar-refractivity contribution is -0.133. The number of fused-ring (bicyclic) bond motifs is 12. The fourth-order valence-electron chi connectivity index (χ4n) is 9.14. The second kappa shape index (κ2) is 4.48. The molecule has 0 bridgehead atoms. The van der Waals surface area contributed by atoms with Gasteiger partial charge in [-0.2, -0.15) is 0 Å². The van der Waals surface area contributed by atoms with E-state index in [-0.39, 0.29) is 5.60 Å². The van der Waals surface area contributed by atoms with Crippen molar-refractivity contribution < 1.29 is 9.94 Å². The first-order valence-electron chi connectivity index (χ1n) is 10.9. The highest BCUT2D eigenvalue weighted by molar-refractivity contribution is 5.96. The van der Waals surface area contributed by atoms with Crippen molar-refractivity contribution in [1.29, 1.82) is 0 Å². The van der Waals surface area contributed by atoms with Crippen molar-refractivity contribution in [1.82, 2.24) is 0 Å². The van der Waals surface area contributed by atoms with Gasteiger partial charge in [0.15, 0.2) is 0 Å². The van der Waals surface area contributed by atoms with Crippen molar-refractivity contribution in [2.45, 2.75) is 51.0 Å². The van der Waals surface area contributed by atoms with Gasteiger partial charge in [0.05, 0.1) is 17.9 Å². The molecule has 0 radical (unpaired) electrons. The minimum atomic E-state index is 0.0804. The van der Waals surface area contributed by atoms with Gasteiger partial charge in [0.25, 0.3) is 0 Å². The number of rotatable bonds is 0. The van der Waals surface area contributed by atoms with Crippen LogP contribution in [0.2, 0.25) is 0 Å². The number of hydrogen-bond acceptors (Lipinski definition) is 3. The van der Waals surface area contributed by atoms with Crippen molar-refractivity contribution in [3.63, 3.8) is 0 Å². The van der Waals surface area contributed by atoms with Gasteiger partial charge in [-0.05, 0) is 91.9 Å². The van der Waals surface area contributed by atoms with E-state index in [4.69, 9.17) is 4.74 Å². The summed E-state index contributed by atoms with van der Waals surface area (Å²) in [6, 6.07) is 0. The molecule has 5 saturated carbocycles. The van der Waals surface area contributed by atoms with Crippen LogP contribution in [0.5, 0.6) is 0 Å². The van der Waals surface area contributed by atoms with Gasteiger partial charge in [-0.15, -0.1) is 0 Å². The Morgan fingerprint density at radius 3 is 2.88 bits per heavy atom. The first kappa shape index (κ1) is 14.9. The largest absolute Gasteiger partial charge is 0.411 e. The second-order valence-electron chi connectivity index (χ2n) is 10.6. The van der Waals surface area contributed by atoms with E-state index in [2.05, 4.69) is 30.3 Å². The molecule has 6 aliphatic carbocycles. The molecule has 3 nitrogen and oxygen atoms in total. The molecule has 7 aliphatic rings. The SMILES string of the molecule is C[C@]12CCC3C(C4CC4C4=C/C(=N/O)CC[C@@H]43)C1C1CC1[C@@]21C=CCO1. The topological polar surface area (TPSA) is 41.8 Å². The Morgan fingerprint density at radius 2 is 2.08 bits per heavy atom. The summed E-state index contributed by atoms with van der Waals surface area (Å²) < 4.78 is 6.53. The monoisotopic (exact) mass is 351 g/mol. The van der Waals surface area contributed by atoms with Gasteiger partial charge < -0.3 is 9.94 Å². The lowest BCUT2D eigenvalue weighted by Gasteiger charge is -2.57. The molecular weight excluding hydrogens is 322 g/mol. The summed E-state index contributed by atoms with van der Waals surface area (Å²) in [5.41, 5.74) is 3.04. The highest BCUT2D eigenvalue weighted by Gasteiger charge is 2.78. The summed E-state index contributed by atoms with van der Waals surface area (Å²) in [5.74, 6) is 6.92. The predicted octanol–water partition coefficient (Wildman–Crippen LogP) is 4.43. The fraction of sp³-hybridized carbons (Fsp3) is 0.783. The van der Waals surface area contributed by atoms with Gasteiger partial charge in [0.2, 0.25) is 0 Å². The van der Waals surface area contributed by atoms with Gasteiger partial charge in [-0.25, -0.2) is 0 Å². The standard InChI is InChI=1S/C23H29NO2/c1-22-7-5-14-13-4-3-12(24-25)9-15(13)16-10-17(16)20(14)21(22)18-11-19(18)23(22)6-2-8-26-23/h2,6,9,13-14,16-21,25H,3-5,7-8,10-11H2,1H3/b24-12+/t13-,14?,16?,17?,18?,19?,20?,21?,22+,23+/m1/s1. The average molecular weight is 351 g/mol. The van der Waals surface area contributed by atoms with E-state index in [9.17, 15) is 5.21 Å². The van der Waals surface area contributed by atoms with Crippen LogP contribution in [0.4, 0.5) is 0 Å². The molecule has 7 unspecified atom stereocenters. The highest BCUT2D eigenvalue weighted by atomic mass is 16.5. The number of oxime groups is 1. The Bertz CT molecular complexity index is 783. The number of allylic oxidation sites excluding steroid dienone is 2. The van der Waals surface area contributed by atoms with Gasteiger partial charge >= 0.3 is 0 Å². The molecule has 1 aliphatic heterocycles. The van der Waals surface area contributed by atoms with Crippen molar-refractivity contribution in [3.05, 3.63) is 23.8 Å². The molecule has 0 aromatic heterocycles. The Morgan fingerprint density at radius 1 is 1.15 bits per heavy atom. The van der Waals surface area contributed by atoms with E-state index in [0.29, 0.717) is 5.41 Å². The normalized spacial score (nSPS) is 62.2. The van der Waals surface area contributed by atoms with Crippen LogP contribution in [-0.2, 0) is 4.74 Å². The molecule has 1 N–H and O–H groups in total. The van der Waals surface area contributed by atoms with Crippen LogP contribution in [0, 0.1) is 52.8 Å². The molecule has 26 heavy (non-hydrogen) atoms. The summed E-state index contributed by atoms with van der Waals surface area (Å²) in [6.45, 7) is 3.43. The summed E-state index contributed by atoms with van der Waals surface area (Å²) in [4.78, 5) is 0. The summed E-state index contributed by atoms with van der Waals surface area (Å²) >= 11 is 0. The first-order chi connectivity index (χ1) is 12.7. The molecule has 138 valence electrons. The zero-order valence-electron chi connectivity index (χ0n) is 15.6. The third kappa shape index (κ3) is 1.49. The molecule has 0 aromatic carbocycles. The lowest BCUT2D eigenvalue weighted by atomic mass is 9.49. The van der Waals surface area contributed by atoms with Crippen LogP contribution in [-0.4, -0.2) is 23.1 Å². The van der Waals surface area contributed by atoms with Gasteiger partial charge in [0, 0.05) is 5.41 Å². The van der Waals surface area contributed by atoms with E-state index in [0.717, 1.165) is 66.1 Å². The lowest BCUT2D eigenvalue weighted by Crippen LogP contribution is -2.55. The van der Waals surface area contributed by atoms with Crippen LogP contribution >= 0.6 is 0 Å². The molecule has 7 rings (SSSR count). The van der Waals surface area contributed by atoms with Crippen LogP contribution in [0.3, 0.4) is 0 Å². The van der Waals surface area contributed by atoms with E-state index in [1.807, 2.05) is 0 Å². The molecule has 0 amide bonds. The maximum absolute atomic E-state index is 9.25. The maximum atomic E-state index is 9.25. The van der Waals surface area contributed by atoms with Crippen LogP contribution in [0.25, 0.3) is 0 Å². The van der Waals surface area contributed by atoms with E-state index >= 15 is 0 Å². The van der Waals surface area contributed by atoms with Crippen molar-refractivity contribution >= 4 is 5.71 Å². The average Bonchev–Trinajstić information content (AvgIpc) is 3.57. The van der Waals surface area contributed by atoms with Crippen LogP contribution in [0.15, 0.2) is 29.0 Å². The third-order valence-corrected chi connectivity index (χ3v) is 10.1. The Balaban J connectivity index is 1.31. The smallest absolute Gasteiger partial charge is 0.0954 e. The minimum Gasteiger partial charge on any atom is -0.411 e.